The van der Waals surface area contributed by atoms with Gasteiger partial charge in [-0.3, -0.25) is 9.88 Å². The van der Waals surface area contributed by atoms with Crippen LogP contribution in [0.3, 0.4) is 0 Å². The molecule has 5 rings (SSSR count). The van der Waals surface area contributed by atoms with Crippen molar-refractivity contribution in [2.75, 3.05) is 41.5 Å². The fraction of sp³-hybridized carbons (Fsp3) is 0.423. The maximum atomic E-state index is 12.0. The predicted octanol–water partition coefficient (Wildman–Crippen LogP) is 3.85. The van der Waals surface area contributed by atoms with Crippen molar-refractivity contribution in [3.8, 4) is 23.0 Å². The van der Waals surface area contributed by atoms with Crippen LogP contribution >= 0.6 is 0 Å². The van der Waals surface area contributed by atoms with E-state index in [9.17, 15) is 5.11 Å². The van der Waals surface area contributed by atoms with Gasteiger partial charge in [-0.2, -0.15) is 0 Å². The van der Waals surface area contributed by atoms with Crippen molar-refractivity contribution >= 4 is 10.8 Å². The number of ether oxygens (including phenoxy) is 4. The Morgan fingerprint density at radius 2 is 1.58 bits per heavy atom. The minimum Gasteiger partial charge on any atom is -0.493 e. The van der Waals surface area contributed by atoms with Crippen LogP contribution in [0.4, 0.5) is 0 Å². The van der Waals surface area contributed by atoms with Crippen LogP contribution in [0.2, 0.25) is 0 Å². The summed E-state index contributed by atoms with van der Waals surface area (Å²) in [6.45, 7) is 1.75. The van der Waals surface area contributed by atoms with E-state index in [4.69, 9.17) is 18.9 Å². The van der Waals surface area contributed by atoms with Crippen LogP contribution < -0.4 is 18.9 Å². The first-order valence-corrected chi connectivity index (χ1v) is 11.2. The number of nitrogens with zero attached hydrogens (tertiary/aromatic N) is 2. The van der Waals surface area contributed by atoms with Crippen molar-refractivity contribution in [3.05, 3.63) is 53.3 Å². The average Bonchev–Trinajstić information content (AvgIpc) is 2.86. The molecular formula is C26H30N2O5. The monoisotopic (exact) mass is 450 g/mol. The molecule has 2 atom stereocenters. The zero-order valence-electron chi connectivity index (χ0n) is 19.6. The molecule has 0 spiro atoms. The molecule has 2 aliphatic heterocycles. The Labute approximate surface area is 193 Å². The Morgan fingerprint density at radius 3 is 2.30 bits per heavy atom. The third kappa shape index (κ3) is 3.56. The lowest BCUT2D eigenvalue weighted by atomic mass is 9.77. The van der Waals surface area contributed by atoms with E-state index in [2.05, 4.69) is 22.0 Å². The molecule has 0 unspecified atom stereocenters. The zero-order chi connectivity index (χ0) is 23.2. The summed E-state index contributed by atoms with van der Waals surface area (Å²) in [5, 5.41) is 13.9. The van der Waals surface area contributed by atoms with Crippen molar-refractivity contribution in [3.63, 3.8) is 0 Å². The summed E-state index contributed by atoms with van der Waals surface area (Å²) in [5.41, 5.74) is 2.06. The first kappa shape index (κ1) is 21.8. The lowest BCUT2D eigenvalue weighted by Gasteiger charge is -2.47. The molecule has 1 fully saturated rings. The van der Waals surface area contributed by atoms with Crippen molar-refractivity contribution in [1.29, 1.82) is 0 Å². The number of benzene rings is 2. The summed E-state index contributed by atoms with van der Waals surface area (Å²) in [7, 11) is 6.56. The van der Waals surface area contributed by atoms with Gasteiger partial charge >= 0.3 is 0 Å². The van der Waals surface area contributed by atoms with Gasteiger partial charge in [0.25, 0.3) is 0 Å². The highest BCUT2D eigenvalue weighted by Crippen LogP contribution is 2.48. The number of aromatic nitrogens is 1. The second kappa shape index (κ2) is 8.39. The highest BCUT2D eigenvalue weighted by atomic mass is 16.5. The predicted molar refractivity (Wildman–Crippen MR) is 126 cm³/mol. The van der Waals surface area contributed by atoms with E-state index in [0.717, 1.165) is 36.0 Å². The van der Waals surface area contributed by atoms with Crippen molar-refractivity contribution in [1.82, 2.24) is 9.88 Å². The molecule has 1 N–H and O–H groups in total. The normalized spacial score (nSPS) is 22.4. The number of methoxy groups -OCH3 is 4. The molecule has 174 valence electrons. The van der Waals surface area contributed by atoms with Crippen molar-refractivity contribution < 1.29 is 24.1 Å². The number of pyridine rings is 1. The minimum atomic E-state index is -1.07. The van der Waals surface area contributed by atoms with E-state index in [1.165, 1.54) is 11.1 Å². The van der Waals surface area contributed by atoms with Crippen molar-refractivity contribution in [2.45, 2.75) is 30.9 Å². The Kier molecular flexibility index (Phi) is 5.54. The van der Waals surface area contributed by atoms with Gasteiger partial charge in [0, 0.05) is 37.1 Å². The number of hydrogen-bond acceptors (Lipinski definition) is 7. The maximum absolute atomic E-state index is 12.0. The van der Waals surface area contributed by atoms with Crippen molar-refractivity contribution in [2.24, 2.45) is 0 Å². The Bertz CT molecular complexity index is 1200. The van der Waals surface area contributed by atoms with E-state index in [-0.39, 0.29) is 6.04 Å². The standard InChI is InChI=1S/C26H30N2O5/c1-30-21-11-16-5-8-27-25(19(16)14-24(21)33-4)26(29)7-10-28-9-6-17-12-22(31-2)23(32-3)13-18(17)20(28)15-26/h5,8,11-14,20,29H,6-7,9-10,15H2,1-4H3/t20-,26+/m0/s1. The molecule has 0 saturated carbocycles. The Morgan fingerprint density at radius 1 is 0.909 bits per heavy atom. The summed E-state index contributed by atoms with van der Waals surface area (Å²) < 4.78 is 22.1. The molecule has 1 saturated heterocycles. The van der Waals surface area contributed by atoms with Crippen LogP contribution in [0.5, 0.6) is 23.0 Å². The minimum absolute atomic E-state index is 0.0736. The molecule has 1 aromatic heterocycles. The van der Waals surface area contributed by atoms with E-state index in [1.54, 1.807) is 34.6 Å². The lowest BCUT2D eigenvalue weighted by Crippen LogP contribution is -2.47. The van der Waals surface area contributed by atoms with Gasteiger partial charge in [0.1, 0.15) is 5.60 Å². The number of fused-ring (bicyclic) bond motifs is 4. The van der Waals surface area contributed by atoms with Crippen LogP contribution in [-0.4, -0.2) is 56.5 Å². The highest BCUT2D eigenvalue weighted by molar-refractivity contribution is 5.88. The number of aliphatic hydroxyl groups is 1. The molecule has 2 aliphatic rings. The average molecular weight is 451 g/mol. The molecule has 7 heteroatoms. The van der Waals surface area contributed by atoms with Crippen LogP contribution in [-0.2, 0) is 12.0 Å². The second-order valence-corrected chi connectivity index (χ2v) is 8.78. The summed E-state index contributed by atoms with van der Waals surface area (Å²) >= 11 is 0. The molecule has 3 heterocycles. The maximum Gasteiger partial charge on any atom is 0.161 e. The molecule has 0 aliphatic carbocycles. The number of hydrogen-bond donors (Lipinski definition) is 1. The molecule has 3 aromatic rings. The van der Waals surface area contributed by atoms with E-state index < -0.39 is 5.60 Å². The smallest absolute Gasteiger partial charge is 0.161 e. The quantitative estimate of drug-likeness (QED) is 0.633. The van der Waals surface area contributed by atoms with Gasteiger partial charge in [-0.1, -0.05) is 0 Å². The zero-order valence-corrected chi connectivity index (χ0v) is 19.6. The SMILES string of the molecule is COc1cc2c(cc1OC)[C@@H]1C[C@@](O)(c3nccc4cc(OC)c(OC)cc34)CCN1CC2. The molecule has 33 heavy (non-hydrogen) atoms. The van der Waals surface area contributed by atoms with Gasteiger partial charge < -0.3 is 24.1 Å². The Hall–Kier alpha value is -3.03. The van der Waals surface area contributed by atoms with Crippen LogP contribution in [0.15, 0.2) is 36.5 Å². The summed E-state index contributed by atoms with van der Waals surface area (Å²) in [6, 6.07) is 10.0. The lowest BCUT2D eigenvalue weighted by molar-refractivity contribution is -0.0575. The van der Waals surface area contributed by atoms with E-state index >= 15 is 0 Å². The number of piperidine rings is 1. The third-order valence-electron chi connectivity index (χ3n) is 7.17. The highest BCUT2D eigenvalue weighted by Gasteiger charge is 2.44. The summed E-state index contributed by atoms with van der Waals surface area (Å²) in [4.78, 5) is 7.13. The fourth-order valence-corrected chi connectivity index (χ4v) is 5.42. The number of rotatable bonds is 5. The third-order valence-corrected chi connectivity index (χ3v) is 7.17. The topological polar surface area (TPSA) is 73.3 Å². The van der Waals surface area contributed by atoms with Crippen LogP contribution in [0, 0.1) is 0 Å². The van der Waals surface area contributed by atoms with Gasteiger partial charge in [0.15, 0.2) is 23.0 Å². The Balaban J connectivity index is 1.59. The van der Waals surface area contributed by atoms with Gasteiger partial charge in [-0.15, -0.1) is 0 Å². The first-order chi connectivity index (χ1) is 16.0. The molecule has 7 nitrogen and oxygen atoms in total. The van der Waals surface area contributed by atoms with E-state index in [0.29, 0.717) is 35.8 Å². The molecular weight excluding hydrogens is 420 g/mol. The summed E-state index contributed by atoms with van der Waals surface area (Å²) in [6.07, 6.45) is 3.88. The van der Waals surface area contributed by atoms with Gasteiger partial charge in [-0.25, -0.2) is 0 Å². The molecule has 2 aromatic carbocycles. The molecule has 0 bridgehead atoms. The molecule has 0 amide bonds. The van der Waals surface area contributed by atoms with Gasteiger partial charge in [-0.05, 0) is 59.7 Å². The first-order valence-electron chi connectivity index (χ1n) is 11.2. The fourth-order valence-electron chi connectivity index (χ4n) is 5.42. The van der Waals surface area contributed by atoms with Gasteiger partial charge in [0.2, 0.25) is 0 Å². The van der Waals surface area contributed by atoms with Crippen LogP contribution in [0.1, 0.15) is 35.7 Å². The molecule has 0 radical (unpaired) electrons. The second-order valence-electron chi connectivity index (χ2n) is 8.78. The van der Waals surface area contributed by atoms with E-state index in [1.807, 2.05) is 18.2 Å². The van der Waals surface area contributed by atoms with Gasteiger partial charge in [0.05, 0.1) is 34.1 Å². The largest absolute Gasteiger partial charge is 0.493 e. The van der Waals surface area contributed by atoms with Crippen LogP contribution in [0.25, 0.3) is 10.8 Å². The summed E-state index contributed by atoms with van der Waals surface area (Å²) in [5.74, 6) is 2.74.